The van der Waals surface area contributed by atoms with Gasteiger partial charge in [0.05, 0.1) is 0 Å². The topological polar surface area (TPSA) is 57.6 Å². The highest BCUT2D eigenvalue weighted by atomic mass is 32.1. The summed E-state index contributed by atoms with van der Waals surface area (Å²) >= 11 is 3.80. The molecule has 1 N–H and O–H groups in total. The van der Waals surface area contributed by atoms with E-state index in [0.717, 1.165) is 11.3 Å². The van der Waals surface area contributed by atoms with Gasteiger partial charge >= 0.3 is 5.97 Å². The third kappa shape index (κ3) is 2.36. The third-order valence-electron chi connectivity index (χ3n) is 3.27. The molecule has 5 heteroatoms. The van der Waals surface area contributed by atoms with Crippen LogP contribution in [0, 0.1) is 5.92 Å². The molecule has 0 amide bonds. The van der Waals surface area contributed by atoms with Crippen molar-refractivity contribution in [3.05, 3.63) is 29.8 Å². The van der Waals surface area contributed by atoms with Crippen molar-refractivity contribution < 1.29 is 14.7 Å². The second-order valence-electron chi connectivity index (χ2n) is 4.58. The number of rotatable bonds is 4. The lowest BCUT2D eigenvalue weighted by molar-refractivity contribution is -0.138. The standard InChI is InChI=1S/C13H15NO3S/c1-8(13(17)18)7-14-10-5-3-2-4-9(10)6-11(14)12(15)16/h2-5,8,11H,6-7H2,1H3,(H,15,16)(H,17,18)/t8-,11?/m0/s1. The molecule has 0 bridgehead atoms. The van der Waals surface area contributed by atoms with Gasteiger partial charge < -0.3 is 10.0 Å². The van der Waals surface area contributed by atoms with Crippen molar-refractivity contribution in [2.75, 3.05) is 11.4 Å². The molecule has 1 aromatic carbocycles. The number of nitrogens with zero attached hydrogens (tertiary/aromatic N) is 1. The molecule has 0 saturated heterocycles. The second kappa shape index (κ2) is 5.02. The van der Waals surface area contributed by atoms with Gasteiger partial charge in [-0.15, -0.1) is 12.6 Å². The summed E-state index contributed by atoms with van der Waals surface area (Å²) in [4.78, 5) is 24.3. The molecule has 0 spiro atoms. The summed E-state index contributed by atoms with van der Waals surface area (Å²) in [6.45, 7) is 2.14. The molecule has 1 unspecified atom stereocenters. The summed E-state index contributed by atoms with van der Waals surface area (Å²) in [5, 5.41) is 9.04. The Bertz CT molecular complexity index is 489. The Labute approximate surface area is 111 Å². The summed E-state index contributed by atoms with van der Waals surface area (Å²) < 4.78 is 0. The minimum Gasteiger partial charge on any atom is -0.480 e. The minimum atomic E-state index is -0.856. The van der Waals surface area contributed by atoms with Crippen LogP contribution in [-0.2, 0) is 16.0 Å². The highest BCUT2D eigenvalue weighted by molar-refractivity contribution is 7.96. The fraction of sp³-hybridized carbons (Fsp3) is 0.385. The molecule has 0 fully saturated rings. The zero-order valence-electron chi connectivity index (χ0n) is 10.0. The molecule has 0 aliphatic carbocycles. The Kier molecular flexibility index (Phi) is 3.61. The maximum Gasteiger partial charge on any atom is 0.326 e. The average molecular weight is 265 g/mol. The van der Waals surface area contributed by atoms with Crippen LogP contribution in [0.3, 0.4) is 0 Å². The predicted octanol–water partition coefficient (Wildman–Crippen LogP) is 1.59. The summed E-state index contributed by atoms with van der Waals surface area (Å²) in [5.74, 6) is -1.15. The number of carbonyl (C=O) groups is 2. The number of carboxylic acid groups (broad SMARTS) is 1. The molecule has 2 atom stereocenters. The summed E-state index contributed by atoms with van der Waals surface area (Å²) in [5.41, 5.74) is 1.93. The van der Waals surface area contributed by atoms with E-state index in [-0.39, 0.29) is 11.0 Å². The van der Waals surface area contributed by atoms with Crippen molar-refractivity contribution in [1.82, 2.24) is 0 Å². The number of carbonyl (C=O) groups excluding carboxylic acids is 1. The van der Waals surface area contributed by atoms with E-state index >= 15 is 0 Å². The Morgan fingerprint density at radius 3 is 2.78 bits per heavy atom. The van der Waals surface area contributed by atoms with Gasteiger partial charge in [0.25, 0.3) is 0 Å². The smallest absolute Gasteiger partial charge is 0.326 e. The lowest BCUT2D eigenvalue weighted by atomic mass is 10.1. The summed E-state index contributed by atoms with van der Waals surface area (Å²) in [6.07, 6.45) is 0.485. The summed E-state index contributed by atoms with van der Waals surface area (Å²) in [7, 11) is 0. The van der Waals surface area contributed by atoms with Crippen LogP contribution in [-0.4, -0.2) is 28.8 Å². The second-order valence-corrected chi connectivity index (χ2v) is 5.02. The van der Waals surface area contributed by atoms with Gasteiger partial charge in [0, 0.05) is 24.6 Å². The summed E-state index contributed by atoms with van der Waals surface area (Å²) in [6, 6.07) is 7.02. The lowest BCUT2D eigenvalue weighted by Gasteiger charge is -2.26. The van der Waals surface area contributed by atoms with Gasteiger partial charge in [0.1, 0.15) is 6.04 Å². The molecule has 2 rings (SSSR count). The van der Waals surface area contributed by atoms with Crippen LogP contribution >= 0.6 is 12.6 Å². The van der Waals surface area contributed by atoms with E-state index in [1.54, 1.807) is 11.8 Å². The maximum absolute atomic E-state index is 11.3. The molecule has 0 saturated carbocycles. The van der Waals surface area contributed by atoms with E-state index < -0.39 is 12.0 Å². The van der Waals surface area contributed by atoms with Gasteiger partial charge in [-0.3, -0.25) is 4.79 Å². The largest absolute Gasteiger partial charge is 0.480 e. The molecule has 0 radical (unpaired) electrons. The van der Waals surface area contributed by atoms with Crippen molar-refractivity contribution in [3.63, 3.8) is 0 Å². The number of anilines is 1. The van der Waals surface area contributed by atoms with Crippen LogP contribution in [0.2, 0.25) is 0 Å². The SMILES string of the molecule is C[C@@H](CN1c2ccccc2CC1C(=O)O)C(=O)S. The number of thiol groups is 1. The average Bonchev–Trinajstić information content (AvgIpc) is 2.68. The van der Waals surface area contributed by atoms with Crippen LogP contribution in [0.4, 0.5) is 5.69 Å². The van der Waals surface area contributed by atoms with Crippen molar-refractivity contribution in [1.29, 1.82) is 0 Å². The maximum atomic E-state index is 11.3. The zero-order chi connectivity index (χ0) is 13.3. The molecule has 1 heterocycles. The van der Waals surface area contributed by atoms with Crippen molar-refractivity contribution >= 4 is 29.4 Å². The van der Waals surface area contributed by atoms with Gasteiger partial charge in [-0.05, 0) is 11.6 Å². The first-order valence-corrected chi connectivity index (χ1v) is 6.25. The molecule has 96 valence electrons. The van der Waals surface area contributed by atoms with E-state index in [0.29, 0.717) is 13.0 Å². The van der Waals surface area contributed by atoms with E-state index in [1.807, 2.05) is 24.3 Å². The zero-order valence-corrected chi connectivity index (χ0v) is 10.9. The molecule has 18 heavy (non-hydrogen) atoms. The predicted molar refractivity (Wildman–Crippen MR) is 72.1 cm³/mol. The number of para-hydroxylation sites is 1. The third-order valence-corrected chi connectivity index (χ3v) is 3.71. The van der Waals surface area contributed by atoms with Gasteiger partial charge in [-0.1, -0.05) is 25.1 Å². The fourth-order valence-electron chi connectivity index (χ4n) is 2.27. The molecular weight excluding hydrogens is 250 g/mol. The monoisotopic (exact) mass is 265 g/mol. The van der Waals surface area contributed by atoms with E-state index in [4.69, 9.17) is 0 Å². The van der Waals surface area contributed by atoms with E-state index in [2.05, 4.69) is 12.6 Å². The Morgan fingerprint density at radius 2 is 2.17 bits per heavy atom. The van der Waals surface area contributed by atoms with E-state index in [1.165, 1.54) is 0 Å². The number of aliphatic carboxylic acids is 1. The van der Waals surface area contributed by atoms with Gasteiger partial charge in [0.2, 0.25) is 0 Å². The number of hydrogen-bond acceptors (Lipinski definition) is 3. The quantitative estimate of drug-likeness (QED) is 0.812. The first-order chi connectivity index (χ1) is 8.50. The van der Waals surface area contributed by atoms with Crippen LogP contribution in [0.25, 0.3) is 0 Å². The molecule has 1 aliphatic rings. The number of benzene rings is 1. The molecule has 0 aromatic heterocycles. The van der Waals surface area contributed by atoms with E-state index in [9.17, 15) is 14.7 Å². The first kappa shape index (κ1) is 13.0. The highest BCUT2D eigenvalue weighted by Gasteiger charge is 2.35. The van der Waals surface area contributed by atoms with Crippen molar-refractivity contribution in [2.45, 2.75) is 19.4 Å². The van der Waals surface area contributed by atoms with Crippen LogP contribution in [0.15, 0.2) is 24.3 Å². The lowest BCUT2D eigenvalue weighted by Crippen LogP contribution is -2.41. The Morgan fingerprint density at radius 1 is 1.50 bits per heavy atom. The Balaban J connectivity index is 2.28. The number of fused-ring (bicyclic) bond motifs is 1. The number of carboxylic acids is 1. The number of hydrogen-bond donors (Lipinski definition) is 2. The molecular formula is C13H15NO3S. The van der Waals surface area contributed by atoms with Crippen LogP contribution in [0.1, 0.15) is 12.5 Å². The fourth-order valence-corrected chi connectivity index (χ4v) is 2.35. The first-order valence-electron chi connectivity index (χ1n) is 5.81. The van der Waals surface area contributed by atoms with Gasteiger partial charge in [-0.25, -0.2) is 4.79 Å². The van der Waals surface area contributed by atoms with Crippen LogP contribution < -0.4 is 4.90 Å². The molecule has 4 nitrogen and oxygen atoms in total. The highest BCUT2D eigenvalue weighted by Crippen LogP contribution is 2.32. The molecule has 1 aromatic rings. The van der Waals surface area contributed by atoms with Crippen molar-refractivity contribution in [2.24, 2.45) is 5.92 Å². The van der Waals surface area contributed by atoms with Crippen molar-refractivity contribution in [3.8, 4) is 0 Å². The minimum absolute atomic E-state index is 0.219. The normalized spacial score (nSPS) is 19.4. The molecule has 1 aliphatic heterocycles. The van der Waals surface area contributed by atoms with Gasteiger partial charge in [-0.2, -0.15) is 0 Å². The van der Waals surface area contributed by atoms with Gasteiger partial charge in [0.15, 0.2) is 5.12 Å². The Hall–Kier alpha value is -1.49. The van der Waals surface area contributed by atoms with Crippen LogP contribution in [0.5, 0.6) is 0 Å².